The zero-order chi connectivity index (χ0) is 20.1. The van der Waals surface area contributed by atoms with Crippen LogP contribution in [0.5, 0.6) is 0 Å². The fourth-order valence-electron chi connectivity index (χ4n) is 2.92. The van der Waals surface area contributed by atoms with E-state index < -0.39 is 0 Å². The Kier molecular flexibility index (Phi) is 5.17. The van der Waals surface area contributed by atoms with E-state index in [1.807, 2.05) is 54.6 Å². The Morgan fingerprint density at radius 1 is 0.897 bits per heavy atom. The van der Waals surface area contributed by atoms with E-state index in [1.54, 1.807) is 30.5 Å². The van der Waals surface area contributed by atoms with Gasteiger partial charge >= 0.3 is 0 Å². The third-order valence-corrected chi connectivity index (χ3v) is 4.33. The van der Waals surface area contributed by atoms with Gasteiger partial charge in [-0.25, -0.2) is 4.68 Å². The number of anilines is 1. The summed E-state index contributed by atoms with van der Waals surface area (Å²) in [5.41, 5.74) is 2.03. The van der Waals surface area contributed by atoms with Crippen molar-refractivity contribution in [2.24, 2.45) is 0 Å². The van der Waals surface area contributed by atoms with Crippen LogP contribution in [0.15, 0.2) is 89.9 Å². The van der Waals surface area contributed by atoms with Crippen molar-refractivity contribution in [2.75, 3.05) is 5.32 Å². The lowest BCUT2D eigenvalue weighted by Crippen LogP contribution is -2.29. The summed E-state index contributed by atoms with van der Waals surface area (Å²) in [6.07, 6.45) is 1.59. The molecular weight excluding hydrogens is 362 g/mol. The number of hydrogen-bond donors (Lipinski definition) is 1. The fourth-order valence-corrected chi connectivity index (χ4v) is 2.92. The molecule has 0 spiro atoms. The molecule has 0 unspecified atom stereocenters. The van der Waals surface area contributed by atoms with Gasteiger partial charge in [-0.3, -0.25) is 9.59 Å². The summed E-state index contributed by atoms with van der Waals surface area (Å²) in [5, 5.41) is 8.17. The van der Waals surface area contributed by atoms with E-state index in [0.29, 0.717) is 11.1 Å². The Hall–Kier alpha value is -4.17. The molecule has 4 rings (SSSR count). The highest BCUT2D eigenvalue weighted by Gasteiger charge is 2.09. The van der Waals surface area contributed by atoms with Crippen LogP contribution in [0.4, 0.5) is 5.69 Å². The first-order chi connectivity index (χ1) is 14.2. The first kappa shape index (κ1) is 18.2. The van der Waals surface area contributed by atoms with E-state index in [1.165, 1.54) is 0 Å². The van der Waals surface area contributed by atoms with Crippen molar-refractivity contribution in [1.82, 2.24) is 9.78 Å². The smallest absolute Gasteiger partial charge is 0.275 e. The van der Waals surface area contributed by atoms with Crippen LogP contribution in [0.25, 0.3) is 10.8 Å². The van der Waals surface area contributed by atoms with Crippen LogP contribution in [0.2, 0.25) is 0 Å². The molecule has 0 aliphatic carbocycles. The number of nitrogens with one attached hydrogen (secondary N) is 1. The molecular formula is C24H17N3O2. The van der Waals surface area contributed by atoms with Gasteiger partial charge < -0.3 is 5.32 Å². The van der Waals surface area contributed by atoms with Gasteiger partial charge in [-0.15, -0.1) is 0 Å². The van der Waals surface area contributed by atoms with E-state index in [9.17, 15) is 9.59 Å². The van der Waals surface area contributed by atoms with Gasteiger partial charge in [0.05, 0.1) is 11.6 Å². The second-order valence-electron chi connectivity index (χ2n) is 6.44. The van der Waals surface area contributed by atoms with Gasteiger partial charge in [0.15, 0.2) is 0 Å². The number of rotatable bonds is 3. The minimum absolute atomic E-state index is 0.163. The van der Waals surface area contributed by atoms with Crippen molar-refractivity contribution < 1.29 is 4.79 Å². The Balaban J connectivity index is 1.49. The molecule has 1 amide bonds. The molecule has 5 nitrogen and oxygen atoms in total. The monoisotopic (exact) mass is 379 g/mol. The Bertz CT molecular complexity index is 1300. The molecule has 4 aromatic rings. The van der Waals surface area contributed by atoms with Crippen molar-refractivity contribution in [3.05, 3.63) is 107 Å². The van der Waals surface area contributed by atoms with Gasteiger partial charge in [-0.2, -0.15) is 5.10 Å². The van der Waals surface area contributed by atoms with E-state index >= 15 is 0 Å². The molecule has 3 aromatic carbocycles. The van der Waals surface area contributed by atoms with E-state index in [2.05, 4.69) is 22.3 Å². The molecule has 0 aliphatic heterocycles. The molecule has 140 valence electrons. The fraction of sp³-hybridized carbons (Fsp3) is 0.0417. The molecule has 0 saturated heterocycles. The van der Waals surface area contributed by atoms with Crippen LogP contribution in [0.3, 0.4) is 0 Å². The minimum atomic E-state index is -0.331. The van der Waals surface area contributed by atoms with Gasteiger partial charge in [0, 0.05) is 22.2 Å². The molecule has 0 saturated carbocycles. The highest BCUT2D eigenvalue weighted by Crippen LogP contribution is 2.11. The number of fused-ring (bicyclic) bond motifs is 1. The highest BCUT2D eigenvalue weighted by molar-refractivity contribution is 5.91. The van der Waals surface area contributed by atoms with Gasteiger partial charge in [0.1, 0.15) is 6.54 Å². The number of hydrogen-bond acceptors (Lipinski definition) is 3. The predicted molar refractivity (Wildman–Crippen MR) is 113 cm³/mol. The second kappa shape index (κ2) is 8.24. The zero-order valence-electron chi connectivity index (χ0n) is 15.5. The minimum Gasteiger partial charge on any atom is -0.324 e. The topological polar surface area (TPSA) is 64.0 Å². The third kappa shape index (κ3) is 4.40. The molecule has 0 atom stereocenters. The summed E-state index contributed by atoms with van der Waals surface area (Å²) < 4.78 is 1.16. The average molecular weight is 379 g/mol. The Labute approximate surface area is 167 Å². The number of carbonyl (C=O) groups excluding carboxylic acids is 1. The lowest BCUT2D eigenvalue weighted by Gasteiger charge is -2.08. The van der Waals surface area contributed by atoms with Gasteiger partial charge in [-0.05, 0) is 36.4 Å². The maximum absolute atomic E-state index is 12.5. The molecule has 0 radical (unpaired) electrons. The van der Waals surface area contributed by atoms with Crippen LogP contribution in [-0.4, -0.2) is 15.7 Å². The van der Waals surface area contributed by atoms with Crippen LogP contribution in [-0.2, 0) is 11.3 Å². The van der Waals surface area contributed by atoms with Gasteiger partial charge in [0.2, 0.25) is 5.91 Å². The first-order valence-electron chi connectivity index (χ1n) is 9.11. The number of benzene rings is 3. The summed E-state index contributed by atoms with van der Waals surface area (Å²) in [7, 11) is 0. The quantitative estimate of drug-likeness (QED) is 0.555. The molecule has 0 aliphatic rings. The number of amides is 1. The normalized spacial score (nSPS) is 10.2. The Morgan fingerprint density at radius 2 is 1.62 bits per heavy atom. The molecule has 0 bridgehead atoms. The molecule has 1 heterocycles. The van der Waals surface area contributed by atoms with Gasteiger partial charge in [0.25, 0.3) is 5.56 Å². The standard InChI is InChI=1S/C24H17N3O2/c28-23(17-27-24(29)22-12-5-4-10-20(22)16-25-27)26-21-11-6-9-19(15-21)14-13-18-7-2-1-3-8-18/h1-12,15-16H,17H2,(H,26,28). The van der Waals surface area contributed by atoms with Crippen molar-refractivity contribution in [1.29, 1.82) is 0 Å². The Morgan fingerprint density at radius 3 is 2.48 bits per heavy atom. The SMILES string of the molecule is O=C(Cn1ncc2ccccc2c1=O)Nc1cccc(C#Cc2ccccc2)c1. The summed E-state index contributed by atoms with van der Waals surface area (Å²) in [6, 6.07) is 24.1. The van der Waals surface area contributed by atoms with Crippen molar-refractivity contribution >= 4 is 22.4 Å². The van der Waals surface area contributed by atoms with Crippen LogP contribution >= 0.6 is 0 Å². The maximum Gasteiger partial charge on any atom is 0.275 e. The van der Waals surface area contributed by atoms with Crippen LogP contribution in [0.1, 0.15) is 11.1 Å². The zero-order valence-corrected chi connectivity index (χ0v) is 15.5. The number of aromatic nitrogens is 2. The molecule has 5 heteroatoms. The number of carbonyl (C=O) groups is 1. The third-order valence-electron chi connectivity index (χ3n) is 4.33. The highest BCUT2D eigenvalue weighted by atomic mass is 16.2. The van der Waals surface area contributed by atoms with Crippen LogP contribution in [0, 0.1) is 11.8 Å². The lowest BCUT2D eigenvalue weighted by molar-refractivity contribution is -0.117. The number of nitrogens with zero attached hydrogens (tertiary/aromatic N) is 2. The summed E-state index contributed by atoms with van der Waals surface area (Å²) in [6.45, 7) is -0.163. The lowest BCUT2D eigenvalue weighted by atomic mass is 10.1. The van der Waals surface area contributed by atoms with E-state index in [0.717, 1.165) is 21.2 Å². The average Bonchev–Trinajstić information content (AvgIpc) is 2.75. The molecule has 29 heavy (non-hydrogen) atoms. The van der Waals surface area contributed by atoms with Crippen molar-refractivity contribution in [3.8, 4) is 11.8 Å². The van der Waals surface area contributed by atoms with E-state index in [-0.39, 0.29) is 18.0 Å². The second-order valence-corrected chi connectivity index (χ2v) is 6.44. The first-order valence-corrected chi connectivity index (χ1v) is 9.11. The summed E-state index contributed by atoms with van der Waals surface area (Å²) in [5.74, 6) is 5.84. The summed E-state index contributed by atoms with van der Waals surface area (Å²) >= 11 is 0. The maximum atomic E-state index is 12.5. The molecule has 1 N–H and O–H groups in total. The predicted octanol–water partition coefficient (Wildman–Crippen LogP) is 3.44. The molecule has 0 fully saturated rings. The summed E-state index contributed by atoms with van der Waals surface area (Å²) in [4.78, 5) is 24.9. The molecule has 1 aromatic heterocycles. The van der Waals surface area contributed by atoms with Crippen molar-refractivity contribution in [2.45, 2.75) is 6.54 Å². The van der Waals surface area contributed by atoms with Crippen molar-refractivity contribution in [3.63, 3.8) is 0 Å². The van der Waals surface area contributed by atoms with E-state index in [4.69, 9.17) is 0 Å². The van der Waals surface area contributed by atoms with Gasteiger partial charge in [-0.1, -0.05) is 54.3 Å². The largest absolute Gasteiger partial charge is 0.324 e. The van der Waals surface area contributed by atoms with Crippen LogP contribution < -0.4 is 10.9 Å².